The second-order valence-electron chi connectivity index (χ2n) is 6.00. The molecule has 1 atom stereocenters. The van der Waals surface area contributed by atoms with Crippen molar-refractivity contribution in [3.63, 3.8) is 0 Å². The number of nitrogens with zero attached hydrogens (tertiary/aromatic N) is 3. The van der Waals surface area contributed by atoms with Gasteiger partial charge in [0.1, 0.15) is 0 Å². The molecular weight excluding hydrogens is 280 g/mol. The average molecular weight is 298 g/mol. The molecule has 1 aromatic carbocycles. The summed E-state index contributed by atoms with van der Waals surface area (Å²) in [7, 11) is 0. The Morgan fingerprint density at radius 1 is 1.41 bits per heavy atom. The summed E-state index contributed by atoms with van der Waals surface area (Å²) in [4.78, 5) is 9.64. The Bertz CT molecular complexity index is 809. The Morgan fingerprint density at radius 2 is 2.32 bits per heavy atom. The van der Waals surface area contributed by atoms with Crippen LogP contribution in [0.3, 0.4) is 0 Å². The van der Waals surface area contributed by atoms with E-state index >= 15 is 0 Å². The number of rotatable bonds is 3. The zero-order chi connectivity index (χ0) is 15.2. The predicted octanol–water partition coefficient (Wildman–Crippen LogP) is 1.95. The minimum atomic E-state index is -1.03. The van der Waals surface area contributed by atoms with Gasteiger partial charge in [0.2, 0.25) is 0 Å². The summed E-state index contributed by atoms with van der Waals surface area (Å²) < 4.78 is 5.16. The van der Waals surface area contributed by atoms with E-state index in [1.165, 1.54) is 10.9 Å². The van der Waals surface area contributed by atoms with Crippen LogP contribution in [0, 0.1) is 6.92 Å². The lowest BCUT2D eigenvalue weighted by Crippen LogP contribution is -2.31. The van der Waals surface area contributed by atoms with Crippen LogP contribution in [0.4, 0.5) is 0 Å². The van der Waals surface area contributed by atoms with Crippen LogP contribution in [-0.4, -0.2) is 38.2 Å². The van der Waals surface area contributed by atoms with E-state index in [-0.39, 0.29) is 0 Å². The molecular formula is C16H18N4O2. The molecule has 114 valence electrons. The lowest BCUT2D eigenvalue weighted by molar-refractivity contribution is 0.0131. The molecule has 1 unspecified atom stereocenters. The van der Waals surface area contributed by atoms with Crippen LogP contribution < -0.4 is 0 Å². The summed E-state index contributed by atoms with van der Waals surface area (Å²) in [5.41, 5.74) is 1.36. The molecule has 0 spiro atoms. The number of fused-ring (bicyclic) bond motifs is 1. The van der Waals surface area contributed by atoms with Gasteiger partial charge in [-0.05, 0) is 31.0 Å². The first-order valence-electron chi connectivity index (χ1n) is 7.45. The van der Waals surface area contributed by atoms with Gasteiger partial charge >= 0.3 is 0 Å². The minimum absolute atomic E-state index is 0.326. The van der Waals surface area contributed by atoms with Gasteiger partial charge in [-0.15, -0.1) is 0 Å². The zero-order valence-electron chi connectivity index (χ0n) is 12.4. The fourth-order valence-electron chi connectivity index (χ4n) is 3.20. The van der Waals surface area contributed by atoms with Gasteiger partial charge in [0.25, 0.3) is 5.89 Å². The monoisotopic (exact) mass is 298 g/mol. The van der Waals surface area contributed by atoms with Crippen molar-refractivity contribution in [2.24, 2.45) is 0 Å². The molecule has 22 heavy (non-hydrogen) atoms. The molecule has 0 aliphatic carbocycles. The molecule has 6 nitrogen and oxygen atoms in total. The van der Waals surface area contributed by atoms with Crippen LogP contribution in [0.5, 0.6) is 0 Å². The number of benzene rings is 1. The second-order valence-corrected chi connectivity index (χ2v) is 6.00. The van der Waals surface area contributed by atoms with Crippen molar-refractivity contribution in [2.75, 3.05) is 13.1 Å². The lowest BCUT2D eigenvalue weighted by atomic mass is 10.0. The summed E-state index contributed by atoms with van der Waals surface area (Å²) in [5.74, 6) is 0.881. The van der Waals surface area contributed by atoms with Crippen molar-refractivity contribution in [1.82, 2.24) is 20.0 Å². The molecule has 3 heterocycles. The Morgan fingerprint density at radius 3 is 3.14 bits per heavy atom. The summed E-state index contributed by atoms with van der Waals surface area (Å²) >= 11 is 0. The van der Waals surface area contributed by atoms with Gasteiger partial charge < -0.3 is 14.6 Å². The summed E-state index contributed by atoms with van der Waals surface area (Å²) in [6.07, 6.45) is 2.56. The van der Waals surface area contributed by atoms with E-state index in [2.05, 4.69) is 44.3 Å². The molecule has 1 aliphatic rings. The van der Waals surface area contributed by atoms with Crippen molar-refractivity contribution in [2.45, 2.75) is 25.5 Å². The molecule has 4 rings (SSSR count). The van der Waals surface area contributed by atoms with Gasteiger partial charge in [-0.1, -0.05) is 17.3 Å². The standard InChI is InChI=1S/C16H18N4O2/c1-11-18-15(22-19-11)16(21)6-8-20(10-16)9-12-3-2-4-14-13(12)5-7-17-14/h2-5,7,17,21H,6,8-10H2,1H3. The SMILES string of the molecule is Cc1noc(C2(O)CCN(Cc3cccc4[nH]ccc34)C2)n1. The Hall–Kier alpha value is -2.18. The maximum absolute atomic E-state index is 10.8. The number of likely N-dealkylation sites (tertiary alicyclic amines) is 1. The van der Waals surface area contributed by atoms with Crippen LogP contribution in [0.1, 0.15) is 23.7 Å². The predicted molar refractivity (Wildman–Crippen MR) is 81.1 cm³/mol. The fraction of sp³-hybridized carbons (Fsp3) is 0.375. The average Bonchev–Trinajstić information content (AvgIpc) is 3.20. The highest BCUT2D eigenvalue weighted by molar-refractivity contribution is 5.82. The van der Waals surface area contributed by atoms with E-state index < -0.39 is 5.60 Å². The van der Waals surface area contributed by atoms with Gasteiger partial charge in [0.05, 0.1) is 0 Å². The van der Waals surface area contributed by atoms with E-state index in [1.807, 2.05) is 6.20 Å². The number of aliphatic hydroxyl groups is 1. The first kappa shape index (κ1) is 13.5. The number of hydrogen-bond donors (Lipinski definition) is 2. The number of aryl methyl sites for hydroxylation is 1. The summed E-state index contributed by atoms with van der Waals surface area (Å²) in [6.45, 7) is 3.87. The lowest BCUT2D eigenvalue weighted by Gasteiger charge is -2.20. The molecule has 2 aromatic heterocycles. The largest absolute Gasteiger partial charge is 0.379 e. The minimum Gasteiger partial charge on any atom is -0.379 e. The smallest absolute Gasteiger partial charge is 0.259 e. The molecule has 1 fully saturated rings. The summed E-state index contributed by atoms with van der Waals surface area (Å²) in [5, 5.41) is 15.8. The number of aromatic nitrogens is 3. The van der Waals surface area contributed by atoms with Crippen LogP contribution in [0.15, 0.2) is 35.0 Å². The molecule has 0 amide bonds. The number of H-pyrrole nitrogens is 1. The molecule has 0 bridgehead atoms. The number of nitrogens with one attached hydrogen (secondary N) is 1. The number of aromatic amines is 1. The quantitative estimate of drug-likeness (QED) is 0.773. The highest BCUT2D eigenvalue weighted by atomic mass is 16.5. The van der Waals surface area contributed by atoms with Gasteiger partial charge in [0, 0.05) is 36.7 Å². The Labute approximate surface area is 127 Å². The van der Waals surface area contributed by atoms with E-state index in [4.69, 9.17) is 4.52 Å². The molecule has 2 N–H and O–H groups in total. The Balaban J connectivity index is 1.55. The van der Waals surface area contributed by atoms with Crippen molar-refractivity contribution >= 4 is 10.9 Å². The highest BCUT2D eigenvalue weighted by Gasteiger charge is 2.42. The maximum atomic E-state index is 10.8. The van der Waals surface area contributed by atoms with Crippen molar-refractivity contribution in [3.05, 3.63) is 47.7 Å². The van der Waals surface area contributed by atoms with Crippen molar-refractivity contribution < 1.29 is 9.63 Å². The third-order valence-electron chi connectivity index (χ3n) is 4.33. The normalized spacial score (nSPS) is 22.6. The third-order valence-corrected chi connectivity index (χ3v) is 4.33. The molecule has 0 saturated carbocycles. The van der Waals surface area contributed by atoms with Gasteiger partial charge in [-0.3, -0.25) is 4.90 Å². The first-order valence-corrected chi connectivity index (χ1v) is 7.45. The third kappa shape index (κ3) is 2.20. The van der Waals surface area contributed by atoms with Crippen molar-refractivity contribution in [3.8, 4) is 0 Å². The zero-order valence-corrected chi connectivity index (χ0v) is 12.4. The number of β-amino-alcohol motifs (C(OH)–C–C–N with tert-alkyl or cyclic N) is 1. The first-order chi connectivity index (χ1) is 10.6. The topological polar surface area (TPSA) is 78.2 Å². The van der Waals surface area contributed by atoms with Gasteiger partial charge in [-0.2, -0.15) is 4.98 Å². The van der Waals surface area contributed by atoms with Crippen molar-refractivity contribution in [1.29, 1.82) is 0 Å². The van der Waals surface area contributed by atoms with E-state index in [9.17, 15) is 5.11 Å². The van der Waals surface area contributed by atoms with E-state index in [0.29, 0.717) is 24.7 Å². The van der Waals surface area contributed by atoms with Crippen LogP contribution in [-0.2, 0) is 12.1 Å². The molecule has 1 aliphatic heterocycles. The highest BCUT2D eigenvalue weighted by Crippen LogP contribution is 2.32. The molecule has 3 aromatic rings. The van der Waals surface area contributed by atoms with E-state index in [1.54, 1.807) is 6.92 Å². The molecule has 0 radical (unpaired) electrons. The van der Waals surface area contributed by atoms with E-state index in [0.717, 1.165) is 18.6 Å². The second kappa shape index (κ2) is 4.93. The molecule has 1 saturated heterocycles. The van der Waals surface area contributed by atoms with Gasteiger partial charge in [-0.25, -0.2) is 0 Å². The van der Waals surface area contributed by atoms with Crippen LogP contribution in [0.25, 0.3) is 10.9 Å². The van der Waals surface area contributed by atoms with Crippen LogP contribution in [0.2, 0.25) is 0 Å². The van der Waals surface area contributed by atoms with Gasteiger partial charge in [0.15, 0.2) is 11.4 Å². The molecule has 6 heteroatoms. The number of hydrogen-bond acceptors (Lipinski definition) is 5. The summed E-state index contributed by atoms with van der Waals surface area (Å²) in [6, 6.07) is 8.34. The Kier molecular flexibility index (Phi) is 3.02. The fourth-order valence-corrected chi connectivity index (χ4v) is 3.20. The van der Waals surface area contributed by atoms with Crippen LogP contribution >= 0.6 is 0 Å². The maximum Gasteiger partial charge on any atom is 0.259 e.